The fourth-order valence-corrected chi connectivity index (χ4v) is 1.95. The van der Waals surface area contributed by atoms with Crippen LogP contribution in [0, 0.1) is 0 Å². The van der Waals surface area contributed by atoms with Crippen molar-refractivity contribution in [3.63, 3.8) is 0 Å². The Hall–Kier alpha value is -1.31. The van der Waals surface area contributed by atoms with Crippen molar-refractivity contribution in [3.8, 4) is 0 Å². The van der Waals surface area contributed by atoms with Crippen molar-refractivity contribution in [2.24, 2.45) is 0 Å². The maximum atomic E-state index is 10.8. The van der Waals surface area contributed by atoms with Crippen LogP contribution in [0.2, 0.25) is 5.02 Å². The van der Waals surface area contributed by atoms with Gasteiger partial charge in [0.2, 0.25) is 10.0 Å². The Balaban J connectivity index is 2.56. The Morgan fingerprint density at radius 3 is 2.56 bits per heavy atom. The zero-order valence-corrected chi connectivity index (χ0v) is 11.2. The Labute approximate surface area is 110 Å². The van der Waals surface area contributed by atoms with Gasteiger partial charge in [-0.15, -0.1) is 0 Å². The first kappa shape index (κ1) is 14.7. The molecule has 0 amide bonds. The molecule has 8 heteroatoms. The van der Waals surface area contributed by atoms with E-state index in [0.717, 1.165) is 6.26 Å². The molecule has 6 nitrogen and oxygen atoms in total. The van der Waals surface area contributed by atoms with Crippen LogP contribution in [-0.4, -0.2) is 38.8 Å². The van der Waals surface area contributed by atoms with E-state index in [1.54, 1.807) is 0 Å². The van der Waals surface area contributed by atoms with Gasteiger partial charge in [0, 0.05) is 13.1 Å². The quantitative estimate of drug-likeness (QED) is 0.680. The number of carbonyl (C=O) groups is 1. The van der Waals surface area contributed by atoms with Crippen molar-refractivity contribution in [1.29, 1.82) is 0 Å². The van der Waals surface area contributed by atoms with Crippen LogP contribution in [0.3, 0.4) is 0 Å². The number of anilines is 1. The van der Waals surface area contributed by atoms with Gasteiger partial charge in [0.05, 0.1) is 22.5 Å². The Morgan fingerprint density at radius 2 is 2.06 bits per heavy atom. The summed E-state index contributed by atoms with van der Waals surface area (Å²) in [5.41, 5.74) is 0.650. The summed E-state index contributed by atoms with van der Waals surface area (Å²) in [6, 6.07) is 4.28. The predicted molar refractivity (Wildman–Crippen MR) is 69.7 cm³/mol. The molecule has 0 radical (unpaired) electrons. The molecule has 18 heavy (non-hydrogen) atoms. The van der Waals surface area contributed by atoms with Crippen molar-refractivity contribution in [2.45, 2.75) is 0 Å². The number of sulfonamides is 1. The maximum absolute atomic E-state index is 10.8. The molecule has 1 rings (SSSR count). The van der Waals surface area contributed by atoms with Crippen LogP contribution in [0.1, 0.15) is 10.4 Å². The third-order valence-electron chi connectivity index (χ3n) is 2.02. The molecule has 0 saturated heterocycles. The van der Waals surface area contributed by atoms with Crippen molar-refractivity contribution in [3.05, 3.63) is 28.8 Å². The molecule has 0 saturated carbocycles. The third kappa shape index (κ3) is 4.91. The lowest BCUT2D eigenvalue weighted by Gasteiger charge is -2.09. The fraction of sp³-hybridized carbons (Fsp3) is 0.300. The number of benzene rings is 1. The van der Waals surface area contributed by atoms with Gasteiger partial charge in [-0.25, -0.2) is 17.9 Å². The molecule has 100 valence electrons. The average Bonchev–Trinajstić information content (AvgIpc) is 2.24. The molecule has 0 bridgehead atoms. The van der Waals surface area contributed by atoms with Gasteiger partial charge in [0.25, 0.3) is 0 Å². The minimum absolute atomic E-state index is 0.0970. The van der Waals surface area contributed by atoms with Gasteiger partial charge in [0.1, 0.15) is 0 Å². The fourth-order valence-electron chi connectivity index (χ4n) is 1.23. The third-order valence-corrected chi connectivity index (χ3v) is 3.06. The van der Waals surface area contributed by atoms with Gasteiger partial charge in [-0.1, -0.05) is 11.6 Å². The molecule has 1 aromatic rings. The first-order valence-corrected chi connectivity index (χ1v) is 7.28. The van der Waals surface area contributed by atoms with Crippen molar-refractivity contribution in [2.75, 3.05) is 24.7 Å². The zero-order valence-electron chi connectivity index (χ0n) is 9.60. The van der Waals surface area contributed by atoms with Crippen molar-refractivity contribution < 1.29 is 18.3 Å². The highest BCUT2D eigenvalue weighted by Gasteiger charge is 2.06. The van der Waals surface area contributed by atoms with Crippen LogP contribution in [0.5, 0.6) is 0 Å². The second kappa shape index (κ2) is 6.03. The summed E-state index contributed by atoms with van der Waals surface area (Å²) in [6.45, 7) is 0.565. The highest BCUT2D eigenvalue weighted by atomic mass is 35.5. The Morgan fingerprint density at radius 1 is 1.39 bits per heavy atom. The van der Waals surface area contributed by atoms with Gasteiger partial charge < -0.3 is 10.4 Å². The SMILES string of the molecule is CS(=O)(=O)NCCNc1ccc(C(=O)O)cc1Cl. The minimum atomic E-state index is -3.21. The van der Waals surface area contributed by atoms with E-state index < -0.39 is 16.0 Å². The normalized spacial score (nSPS) is 11.2. The number of carboxylic acids is 1. The van der Waals surface area contributed by atoms with Crippen LogP contribution < -0.4 is 10.0 Å². The van der Waals surface area contributed by atoms with E-state index in [4.69, 9.17) is 16.7 Å². The standard InChI is InChI=1S/C10H13ClN2O4S/c1-18(16,17)13-5-4-12-9-3-2-7(10(14)15)6-8(9)11/h2-3,6,12-13H,4-5H2,1H3,(H,14,15). The maximum Gasteiger partial charge on any atom is 0.335 e. The molecule has 0 aliphatic rings. The highest BCUT2D eigenvalue weighted by Crippen LogP contribution is 2.22. The zero-order chi connectivity index (χ0) is 13.8. The Bertz CT molecular complexity index is 545. The first-order chi connectivity index (χ1) is 8.29. The average molecular weight is 293 g/mol. The van der Waals surface area contributed by atoms with Crippen molar-refractivity contribution >= 4 is 33.3 Å². The highest BCUT2D eigenvalue weighted by molar-refractivity contribution is 7.88. The van der Waals surface area contributed by atoms with Gasteiger partial charge in [-0.2, -0.15) is 0 Å². The molecule has 0 heterocycles. The first-order valence-electron chi connectivity index (χ1n) is 5.01. The van der Waals surface area contributed by atoms with Crippen LogP contribution in [0.15, 0.2) is 18.2 Å². The number of nitrogens with one attached hydrogen (secondary N) is 2. The molecule has 0 spiro atoms. The lowest BCUT2D eigenvalue weighted by molar-refractivity contribution is 0.0697. The Kier molecular flexibility index (Phi) is 4.94. The number of hydrogen-bond donors (Lipinski definition) is 3. The summed E-state index contributed by atoms with van der Waals surface area (Å²) in [6.07, 6.45) is 1.07. The molecular weight excluding hydrogens is 280 g/mol. The molecule has 0 unspecified atom stereocenters. The molecule has 3 N–H and O–H groups in total. The summed E-state index contributed by atoms with van der Waals surface area (Å²) in [5.74, 6) is -1.05. The lowest BCUT2D eigenvalue weighted by Crippen LogP contribution is -2.27. The smallest absolute Gasteiger partial charge is 0.335 e. The molecule has 0 atom stereocenters. The summed E-state index contributed by atoms with van der Waals surface area (Å²) >= 11 is 5.88. The van der Waals surface area contributed by atoms with E-state index in [9.17, 15) is 13.2 Å². The van der Waals surface area contributed by atoms with Gasteiger partial charge in [0.15, 0.2) is 0 Å². The largest absolute Gasteiger partial charge is 0.478 e. The summed E-state index contributed by atoms with van der Waals surface area (Å²) in [7, 11) is -3.21. The molecule has 0 aliphatic heterocycles. The number of aromatic carboxylic acids is 1. The van der Waals surface area contributed by atoms with Gasteiger partial charge in [-0.3, -0.25) is 0 Å². The number of rotatable bonds is 6. The second-order valence-corrected chi connectivity index (χ2v) is 5.83. The van der Waals surface area contributed by atoms with E-state index in [2.05, 4.69) is 10.0 Å². The summed E-state index contributed by atoms with van der Waals surface area (Å²) < 4.78 is 23.9. The van der Waals surface area contributed by atoms with Gasteiger partial charge in [-0.05, 0) is 18.2 Å². The van der Waals surface area contributed by atoms with E-state index in [1.807, 2.05) is 0 Å². The number of hydrogen-bond acceptors (Lipinski definition) is 4. The van der Waals surface area contributed by atoms with E-state index in [0.29, 0.717) is 12.2 Å². The van der Waals surface area contributed by atoms with E-state index >= 15 is 0 Å². The van der Waals surface area contributed by atoms with Crippen LogP contribution in [0.25, 0.3) is 0 Å². The van der Waals surface area contributed by atoms with Crippen LogP contribution >= 0.6 is 11.6 Å². The van der Waals surface area contributed by atoms with Crippen LogP contribution in [-0.2, 0) is 10.0 Å². The second-order valence-electron chi connectivity index (χ2n) is 3.59. The van der Waals surface area contributed by atoms with Crippen molar-refractivity contribution in [1.82, 2.24) is 4.72 Å². The molecule has 0 aliphatic carbocycles. The molecule has 0 aromatic heterocycles. The van der Waals surface area contributed by atoms with Gasteiger partial charge >= 0.3 is 5.97 Å². The predicted octanol–water partition coefficient (Wildman–Crippen LogP) is 0.999. The molecule has 0 fully saturated rings. The number of carboxylic acid groups (broad SMARTS) is 1. The molecular formula is C10H13ClN2O4S. The lowest BCUT2D eigenvalue weighted by atomic mass is 10.2. The van der Waals surface area contributed by atoms with E-state index in [-0.39, 0.29) is 17.1 Å². The topological polar surface area (TPSA) is 95.5 Å². The minimum Gasteiger partial charge on any atom is -0.478 e. The summed E-state index contributed by atoms with van der Waals surface area (Å²) in [4.78, 5) is 10.7. The van der Waals surface area contributed by atoms with Crippen LogP contribution in [0.4, 0.5) is 5.69 Å². The number of halogens is 1. The molecule has 1 aromatic carbocycles. The van der Waals surface area contributed by atoms with E-state index in [1.165, 1.54) is 18.2 Å². The monoisotopic (exact) mass is 292 g/mol. The summed E-state index contributed by atoms with van der Waals surface area (Å²) in [5, 5.41) is 11.9.